The van der Waals surface area contributed by atoms with Crippen LogP contribution in [0.15, 0.2) is 71.3 Å². The molecule has 1 aliphatic heterocycles. The van der Waals surface area contributed by atoms with Gasteiger partial charge < -0.3 is 19.5 Å². The van der Waals surface area contributed by atoms with E-state index in [1.165, 1.54) is 17.0 Å². The van der Waals surface area contributed by atoms with Gasteiger partial charge in [-0.3, -0.25) is 4.79 Å². The highest BCUT2D eigenvalue weighted by Crippen LogP contribution is 2.16. The average Bonchev–Trinajstić information content (AvgIpc) is 3.30. The number of quaternary nitrogens is 1. The van der Waals surface area contributed by atoms with Crippen LogP contribution in [0.25, 0.3) is 0 Å². The summed E-state index contributed by atoms with van der Waals surface area (Å²) in [6, 6.07) is 18.1. The van der Waals surface area contributed by atoms with Crippen LogP contribution in [0.1, 0.15) is 27.7 Å². The van der Waals surface area contributed by atoms with E-state index in [1.807, 2.05) is 55.5 Å². The first-order valence-electron chi connectivity index (χ1n) is 10.3. The van der Waals surface area contributed by atoms with Crippen LogP contribution < -0.4 is 15.1 Å². The zero-order valence-corrected chi connectivity index (χ0v) is 17.1. The lowest BCUT2D eigenvalue weighted by Gasteiger charge is -2.37. The Morgan fingerprint density at radius 1 is 1.10 bits per heavy atom. The lowest BCUT2D eigenvalue weighted by Crippen LogP contribution is -3.15. The molecule has 30 heavy (non-hydrogen) atoms. The normalized spacial score (nSPS) is 15.7. The van der Waals surface area contributed by atoms with Gasteiger partial charge in [-0.2, -0.15) is 0 Å². The van der Waals surface area contributed by atoms with Crippen molar-refractivity contribution in [2.45, 2.75) is 13.0 Å². The molecule has 156 valence electrons. The first kappa shape index (κ1) is 20.2. The maximum Gasteiger partial charge on any atom is 0.251 e. The van der Waals surface area contributed by atoms with Crippen molar-refractivity contribution in [2.75, 3.05) is 37.6 Å². The summed E-state index contributed by atoms with van der Waals surface area (Å²) in [5, 5.41) is 3.08. The Balaban J connectivity index is 1.40. The van der Waals surface area contributed by atoms with Crippen molar-refractivity contribution in [3.63, 3.8) is 0 Å². The van der Waals surface area contributed by atoms with Crippen molar-refractivity contribution in [1.29, 1.82) is 0 Å². The molecule has 1 fully saturated rings. The number of nitrogens with one attached hydrogen (secondary N) is 2. The molecule has 2 N–H and O–H groups in total. The third-order valence-corrected chi connectivity index (χ3v) is 5.76. The fourth-order valence-electron chi connectivity index (χ4n) is 3.99. The van der Waals surface area contributed by atoms with E-state index in [1.54, 1.807) is 6.26 Å². The molecule has 4 rings (SSSR count). The molecule has 3 aromatic rings. The second kappa shape index (κ2) is 9.13. The highest BCUT2D eigenvalue weighted by molar-refractivity contribution is 5.94. The molecular weight excluding hydrogens is 381 g/mol. The predicted octanol–water partition coefficient (Wildman–Crippen LogP) is 2.60. The largest absolute Gasteiger partial charge is 0.463 e. The van der Waals surface area contributed by atoms with Crippen LogP contribution >= 0.6 is 0 Å². The van der Waals surface area contributed by atoms with Crippen LogP contribution in [-0.4, -0.2) is 38.6 Å². The molecule has 0 radical (unpaired) electrons. The van der Waals surface area contributed by atoms with Crippen LogP contribution in [0.5, 0.6) is 0 Å². The van der Waals surface area contributed by atoms with Crippen molar-refractivity contribution >= 4 is 11.6 Å². The van der Waals surface area contributed by atoms with E-state index < -0.39 is 0 Å². The SMILES string of the molecule is Cc1ccc(C(=O)NC[C@@H](c2ccco2)[NH+]2CCN(c3ccc(F)cc3)CC2)cc1. The molecule has 0 aliphatic carbocycles. The van der Waals surface area contributed by atoms with Gasteiger partial charge in [0.25, 0.3) is 5.91 Å². The standard InChI is InChI=1S/C24H26FN3O2/c1-18-4-6-19(7-5-18)24(29)26-17-22(23-3-2-16-30-23)28-14-12-27(13-15-28)21-10-8-20(25)9-11-21/h2-11,16,22H,12-15,17H2,1H3,(H,26,29)/p+1/t22-/m0/s1. The van der Waals surface area contributed by atoms with Crippen LogP contribution in [0.4, 0.5) is 10.1 Å². The van der Waals surface area contributed by atoms with Crippen molar-refractivity contribution in [2.24, 2.45) is 0 Å². The molecule has 2 heterocycles. The second-order valence-corrected chi connectivity index (χ2v) is 7.77. The Hall–Kier alpha value is -3.12. The fraction of sp³-hybridized carbons (Fsp3) is 0.292. The zero-order valence-electron chi connectivity index (χ0n) is 17.1. The van der Waals surface area contributed by atoms with Crippen molar-refractivity contribution in [3.05, 3.63) is 89.6 Å². The fourth-order valence-corrected chi connectivity index (χ4v) is 3.99. The number of piperazine rings is 1. The minimum Gasteiger partial charge on any atom is -0.463 e. The first-order chi connectivity index (χ1) is 14.6. The molecule has 1 saturated heterocycles. The third kappa shape index (κ3) is 4.71. The molecule has 1 aromatic heterocycles. The number of nitrogens with zero attached hydrogens (tertiary/aromatic N) is 1. The van der Waals surface area contributed by atoms with Crippen LogP contribution in [0, 0.1) is 12.7 Å². The van der Waals surface area contributed by atoms with E-state index in [0.717, 1.165) is 43.2 Å². The number of furan rings is 1. The van der Waals surface area contributed by atoms with Crippen molar-refractivity contribution < 1.29 is 18.5 Å². The number of hydrogen-bond donors (Lipinski definition) is 2. The molecule has 1 amide bonds. The van der Waals surface area contributed by atoms with Gasteiger partial charge in [0.1, 0.15) is 5.82 Å². The zero-order chi connectivity index (χ0) is 20.9. The molecule has 2 aromatic carbocycles. The van der Waals surface area contributed by atoms with Crippen molar-refractivity contribution in [3.8, 4) is 0 Å². The maximum atomic E-state index is 13.2. The monoisotopic (exact) mass is 408 g/mol. The van der Waals surface area contributed by atoms with E-state index in [0.29, 0.717) is 12.1 Å². The van der Waals surface area contributed by atoms with Gasteiger partial charge in [0.15, 0.2) is 11.8 Å². The number of benzene rings is 2. The Morgan fingerprint density at radius 3 is 2.43 bits per heavy atom. The lowest BCUT2D eigenvalue weighted by atomic mass is 10.1. The molecule has 5 nitrogen and oxygen atoms in total. The van der Waals surface area contributed by atoms with Crippen molar-refractivity contribution in [1.82, 2.24) is 5.32 Å². The number of hydrogen-bond acceptors (Lipinski definition) is 3. The quantitative estimate of drug-likeness (QED) is 0.659. The van der Waals surface area contributed by atoms with Gasteiger partial charge in [-0.25, -0.2) is 4.39 Å². The lowest BCUT2D eigenvalue weighted by molar-refractivity contribution is -0.932. The number of carbonyl (C=O) groups is 1. The number of rotatable bonds is 6. The molecular formula is C24H27FN3O2+. The van der Waals surface area contributed by atoms with Gasteiger partial charge in [-0.15, -0.1) is 0 Å². The summed E-state index contributed by atoms with van der Waals surface area (Å²) in [6.45, 7) is 6.05. The predicted molar refractivity (Wildman–Crippen MR) is 114 cm³/mol. The van der Waals surface area contributed by atoms with Gasteiger partial charge >= 0.3 is 0 Å². The van der Waals surface area contributed by atoms with E-state index in [2.05, 4.69) is 10.2 Å². The highest BCUT2D eigenvalue weighted by Gasteiger charge is 2.31. The number of anilines is 1. The number of carbonyl (C=O) groups excluding carboxylic acids is 1. The summed E-state index contributed by atoms with van der Waals surface area (Å²) in [4.78, 5) is 16.2. The van der Waals surface area contributed by atoms with Crippen LogP contribution in [-0.2, 0) is 0 Å². The Kier molecular flexibility index (Phi) is 6.14. The minimum absolute atomic E-state index is 0.0461. The van der Waals surface area contributed by atoms with Gasteiger partial charge in [0, 0.05) is 11.3 Å². The smallest absolute Gasteiger partial charge is 0.251 e. The first-order valence-corrected chi connectivity index (χ1v) is 10.3. The molecule has 0 spiro atoms. The number of aryl methyl sites for hydroxylation is 1. The number of halogens is 1. The minimum atomic E-state index is -0.217. The van der Waals surface area contributed by atoms with E-state index >= 15 is 0 Å². The Bertz CT molecular complexity index is 947. The molecule has 6 heteroatoms. The summed E-state index contributed by atoms with van der Waals surface area (Å²) in [6.07, 6.45) is 1.68. The highest BCUT2D eigenvalue weighted by atomic mass is 19.1. The third-order valence-electron chi connectivity index (χ3n) is 5.76. The van der Waals surface area contributed by atoms with E-state index in [9.17, 15) is 9.18 Å². The second-order valence-electron chi connectivity index (χ2n) is 7.77. The van der Waals surface area contributed by atoms with Crippen LogP contribution in [0.3, 0.4) is 0 Å². The molecule has 0 saturated carbocycles. The summed E-state index contributed by atoms with van der Waals surface area (Å²) < 4.78 is 18.9. The topological polar surface area (TPSA) is 49.9 Å². The van der Waals surface area contributed by atoms with Gasteiger partial charge in [-0.1, -0.05) is 17.7 Å². The molecule has 1 aliphatic rings. The summed E-state index contributed by atoms with van der Waals surface area (Å²) in [5.74, 6) is 0.588. The molecule has 1 atom stereocenters. The maximum absolute atomic E-state index is 13.2. The Morgan fingerprint density at radius 2 is 1.80 bits per heavy atom. The van der Waals surface area contributed by atoms with E-state index in [4.69, 9.17) is 4.42 Å². The average molecular weight is 408 g/mol. The summed E-state index contributed by atoms with van der Waals surface area (Å²) >= 11 is 0. The van der Waals surface area contributed by atoms with Gasteiger partial charge in [0.05, 0.1) is 39.0 Å². The number of amides is 1. The summed E-state index contributed by atoms with van der Waals surface area (Å²) in [7, 11) is 0. The summed E-state index contributed by atoms with van der Waals surface area (Å²) in [5.41, 5.74) is 2.83. The molecule has 0 bridgehead atoms. The van der Waals surface area contributed by atoms with E-state index in [-0.39, 0.29) is 17.8 Å². The Labute approximate surface area is 176 Å². The molecule has 0 unspecified atom stereocenters. The van der Waals surface area contributed by atoms with Gasteiger partial charge in [0.2, 0.25) is 0 Å². The van der Waals surface area contributed by atoms with Crippen LogP contribution in [0.2, 0.25) is 0 Å². The van der Waals surface area contributed by atoms with Gasteiger partial charge in [-0.05, 0) is 55.5 Å².